The van der Waals surface area contributed by atoms with Crippen molar-refractivity contribution in [3.05, 3.63) is 58.7 Å². The van der Waals surface area contributed by atoms with Crippen molar-refractivity contribution >= 4 is 35.9 Å². The van der Waals surface area contributed by atoms with Gasteiger partial charge in [-0.2, -0.15) is 0 Å². The lowest BCUT2D eigenvalue weighted by atomic mass is 10.1. The molecular formula is C21H21ClN3O5P. The van der Waals surface area contributed by atoms with Gasteiger partial charge in [0, 0.05) is 28.7 Å². The summed E-state index contributed by atoms with van der Waals surface area (Å²) in [6.45, 7) is 0. The van der Waals surface area contributed by atoms with Crippen LogP contribution in [0.3, 0.4) is 0 Å². The summed E-state index contributed by atoms with van der Waals surface area (Å²) < 4.78 is 23.5. The highest BCUT2D eigenvalue weighted by Gasteiger charge is 2.30. The quantitative estimate of drug-likeness (QED) is 0.429. The number of amides is 1. The Morgan fingerprint density at radius 2 is 2.06 bits per heavy atom. The summed E-state index contributed by atoms with van der Waals surface area (Å²) in [6, 6.07) is 9.87. The summed E-state index contributed by atoms with van der Waals surface area (Å²) in [5, 5.41) is 3.67. The van der Waals surface area contributed by atoms with Gasteiger partial charge in [-0.3, -0.25) is 14.3 Å². The first-order valence-electron chi connectivity index (χ1n) is 9.58. The molecular weight excluding hydrogens is 441 g/mol. The minimum atomic E-state index is -3.51. The summed E-state index contributed by atoms with van der Waals surface area (Å²) >= 11 is 6.35. The normalized spacial score (nSPS) is 15.5. The van der Waals surface area contributed by atoms with Crippen molar-refractivity contribution in [3.63, 3.8) is 0 Å². The number of hydrogen-bond donors (Lipinski definition) is 3. The SMILES string of the molecule is COc1cc2nccc(Oc3ccc(CP(=O)(O)NC4CC4)c(Cl)c3)c2cc1C(N)=O. The van der Waals surface area contributed by atoms with Crippen LogP contribution in [0.2, 0.25) is 5.02 Å². The third-order valence-corrected chi connectivity index (χ3v) is 6.78. The van der Waals surface area contributed by atoms with Crippen LogP contribution < -0.4 is 20.3 Å². The van der Waals surface area contributed by atoms with Crippen LogP contribution >= 0.6 is 19.1 Å². The van der Waals surface area contributed by atoms with Crippen molar-refractivity contribution in [2.45, 2.75) is 25.0 Å². The molecule has 0 spiro atoms. The molecule has 31 heavy (non-hydrogen) atoms. The van der Waals surface area contributed by atoms with E-state index in [0.717, 1.165) is 12.8 Å². The van der Waals surface area contributed by atoms with Crippen LogP contribution in [-0.2, 0) is 10.7 Å². The van der Waals surface area contributed by atoms with E-state index < -0.39 is 13.4 Å². The number of halogens is 1. The molecule has 0 saturated heterocycles. The zero-order valence-electron chi connectivity index (χ0n) is 16.7. The molecule has 162 valence electrons. The number of nitrogens with two attached hydrogens (primary N) is 1. The molecule has 1 saturated carbocycles. The van der Waals surface area contributed by atoms with E-state index in [2.05, 4.69) is 10.1 Å². The summed E-state index contributed by atoms with van der Waals surface area (Å²) in [7, 11) is -2.06. The summed E-state index contributed by atoms with van der Waals surface area (Å²) in [4.78, 5) is 26.2. The zero-order valence-corrected chi connectivity index (χ0v) is 18.3. The van der Waals surface area contributed by atoms with Crippen LogP contribution in [0.25, 0.3) is 10.9 Å². The maximum absolute atomic E-state index is 12.3. The largest absolute Gasteiger partial charge is 0.496 e. The molecule has 1 atom stereocenters. The Hall–Kier alpha value is -2.64. The maximum Gasteiger partial charge on any atom is 0.271 e. The number of nitrogens with zero attached hydrogens (tertiary/aromatic N) is 1. The van der Waals surface area contributed by atoms with E-state index in [9.17, 15) is 14.3 Å². The number of benzene rings is 2. The number of primary amides is 1. The Labute approximate surface area is 183 Å². The average molecular weight is 462 g/mol. The van der Waals surface area contributed by atoms with Crippen molar-refractivity contribution in [1.82, 2.24) is 10.1 Å². The van der Waals surface area contributed by atoms with E-state index >= 15 is 0 Å². The van der Waals surface area contributed by atoms with Crippen molar-refractivity contribution < 1.29 is 23.7 Å². The number of fused-ring (bicyclic) bond motifs is 1. The molecule has 0 aliphatic heterocycles. The van der Waals surface area contributed by atoms with Crippen LogP contribution in [-0.4, -0.2) is 28.9 Å². The Morgan fingerprint density at radius 3 is 2.71 bits per heavy atom. The van der Waals surface area contributed by atoms with Gasteiger partial charge in [-0.15, -0.1) is 0 Å². The van der Waals surface area contributed by atoms with Crippen LogP contribution in [0.1, 0.15) is 28.8 Å². The van der Waals surface area contributed by atoms with Gasteiger partial charge in [0.1, 0.15) is 17.2 Å². The number of hydrogen-bond acceptors (Lipinski definition) is 5. The topological polar surface area (TPSA) is 124 Å². The predicted molar refractivity (Wildman–Crippen MR) is 118 cm³/mol. The lowest BCUT2D eigenvalue weighted by Gasteiger charge is -2.15. The van der Waals surface area contributed by atoms with Gasteiger partial charge in [-0.1, -0.05) is 17.7 Å². The average Bonchev–Trinajstić information content (AvgIpc) is 3.52. The number of carbonyl (C=O) groups excluding carboxylic acids is 1. The van der Waals surface area contributed by atoms with E-state index in [1.165, 1.54) is 7.11 Å². The van der Waals surface area contributed by atoms with E-state index in [0.29, 0.717) is 38.7 Å². The van der Waals surface area contributed by atoms with E-state index in [4.69, 9.17) is 26.8 Å². The first kappa shape index (κ1) is 21.6. The number of carbonyl (C=O) groups is 1. The van der Waals surface area contributed by atoms with Crippen molar-refractivity contribution in [2.75, 3.05) is 7.11 Å². The Kier molecular flexibility index (Phi) is 5.90. The highest BCUT2D eigenvalue weighted by molar-refractivity contribution is 7.55. The lowest BCUT2D eigenvalue weighted by Crippen LogP contribution is -2.13. The number of pyridine rings is 1. The molecule has 2 aromatic carbocycles. The zero-order chi connectivity index (χ0) is 22.2. The molecule has 3 aromatic rings. The van der Waals surface area contributed by atoms with E-state index in [1.54, 1.807) is 42.6 Å². The van der Waals surface area contributed by atoms with Gasteiger partial charge in [0.15, 0.2) is 0 Å². The lowest BCUT2D eigenvalue weighted by molar-refractivity contribution is 0.0997. The second-order valence-electron chi connectivity index (χ2n) is 7.36. The predicted octanol–water partition coefficient (Wildman–Crippen LogP) is 4.23. The molecule has 1 amide bonds. The fourth-order valence-corrected chi connectivity index (χ4v) is 5.21. The molecule has 4 N–H and O–H groups in total. The number of methoxy groups -OCH3 is 1. The molecule has 0 bridgehead atoms. The molecule has 8 nitrogen and oxygen atoms in total. The fraction of sp³-hybridized carbons (Fsp3) is 0.238. The highest BCUT2D eigenvalue weighted by atomic mass is 35.5. The number of aromatic nitrogens is 1. The van der Waals surface area contributed by atoms with Crippen molar-refractivity contribution in [3.8, 4) is 17.2 Å². The smallest absolute Gasteiger partial charge is 0.271 e. The second kappa shape index (κ2) is 8.48. The van der Waals surface area contributed by atoms with Gasteiger partial charge >= 0.3 is 0 Å². The van der Waals surface area contributed by atoms with Crippen LogP contribution in [0.4, 0.5) is 0 Å². The summed E-state index contributed by atoms with van der Waals surface area (Å²) in [6.07, 6.45) is 3.33. The van der Waals surface area contributed by atoms with Crippen LogP contribution in [0.15, 0.2) is 42.6 Å². The van der Waals surface area contributed by atoms with Crippen LogP contribution in [0, 0.1) is 0 Å². The molecule has 0 radical (unpaired) electrons. The molecule has 1 fully saturated rings. The Balaban J connectivity index is 1.61. The van der Waals surface area contributed by atoms with Gasteiger partial charge in [-0.05, 0) is 42.7 Å². The van der Waals surface area contributed by atoms with Gasteiger partial charge < -0.3 is 20.1 Å². The second-order valence-corrected chi connectivity index (χ2v) is 9.75. The molecule has 1 unspecified atom stereocenters. The number of rotatable bonds is 8. The monoisotopic (exact) mass is 461 g/mol. The molecule has 1 aliphatic carbocycles. The van der Waals surface area contributed by atoms with Crippen LogP contribution in [0.5, 0.6) is 17.2 Å². The molecule has 4 rings (SSSR count). The molecule has 1 heterocycles. The van der Waals surface area contributed by atoms with Crippen molar-refractivity contribution in [1.29, 1.82) is 0 Å². The van der Waals surface area contributed by atoms with E-state index in [1.807, 2.05) is 0 Å². The third kappa shape index (κ3) is 4.99. The highest BCUT2D eigenvalue weighted by Crippen LogP contribution is 2.45. The van der Waals surface area contributed by atoms with Gasteiger partial charge in [0.05, 0.1) is 24.4 Å². The van der Waals surface area contributed by atoms with Crippen molar-refractivity contribution in [2.24, 2.45) is 5.73 Å². The maximum atomic E-state index is 12.3. The van der Waals surface area contributed by atoms with Gasteiger partial charge in [-0.25, -0.2) is 5.09 Å². The standard InChI is InChI=1S/C21H21ClN3O5P/c1-29-20-10-18-15(9-16(20)21(23)26)19(6-7-24-18)30-14-5-2-12(17(22)8-14)11-31(27,28)25-13-3-4-13/h2,5-10,13H,3-4,11H2,1H3,(H2,23,26)(H2,25,27,28). The third-order valence-electron chi connectivity index (χ3n) is 4.89. The number of nitrogens with one attached hydrogen (secondary N) is 1. The Morgan fingerprint density at radius 1 is 1.29 bits per heavy atom. The van der Waals surface area contributed by atoms with Gasteiger partial charge in [0.25, 0.3) is 13.4 Å². The Bertz CT molecular complexity index is 1220. The summed E-state index contributed by atoms with van der Waals surface area (Å²) in [5.74, 6) is 0.572. The first-order valence-corrected chi connectivity index (χ1v) is 11.8. The minimum absolute atomic E-state index is 0.0669. The molecule has 1 aromatic heterocycles. The number of ether oxygens (including phenoxy) is 2. The fourth-order valence-electron chi connectivity index (χ4n) is 3.22. The van der Waals surface area contributed by atoms with E-state index in [-0.39, 0.29) is 17.8 Å². The molecule has 10 heteroatoms. The summed E-state index contributed by atoms with van der Waals surface area (Å²) in [5.41, 5.74) is 6.78. The minimum Gasteiger partial charge on any atom is -0.496 e. The first-order chi connectivity index (χ1) is 14.8. The van der Waals surface area contributed by atoms with Gasteiger partial charge in [0.2, 0.25) is 0 Å². The molecule has 1 aliphatic rings.